The summed E-state index contributed by atoms with van der Waals surface area (Å²) >= 11 is 0. The highest BCUT2D eigenvalue weighted by atomic mass is 19.2. The third kappa shape index (κ3) is 5.59. The Morgan fingerprint density at radius 2 is 1.50 bits per heavy atom. The minimum Gasteiger partial charge on any atom is -0.394 e. The Balaban J connectivity index is 1.60. The van der Waals surface area contributed by atoms with Crippen molar-refractivity contribution in [3.05, 3.63) is 75.1 Å². The number of nitro groups is 1. The molecule has 1 aliphatic rings. The maximum Gasteiger partial charge on any atom is 0.269 e. The Morgan fingerprint density at radius 1 is 0.972 bits per heavy atom. The topological polar surface area (TPSA) is 116 Å². The largest absolute Gasteiger partial charge is 0.394 e. The van der Waals surface area contributed by atoms with Crippen LogP contribution in [0.3, 0.4) is 0 Å². The van der Waals surface area contributed by atoms with Crippen molar-refractivity contribution < 1.29 is 41.6 Å². The highest BCUT2D eigenvalue weighted by molar-refractivity contribution is 5.95. The van der Waals surface area contributed by atoms with Crippen molar-refractivity contribution in [2.45, 2.75) is 6.04 Å². The van der Waals surface area contributed by atoms with Crippen molar-refractivity contribution in [3.63, 3.8) is 0 Å². The lowest BCUT2D eigenvalue weighted by Gasteiger charge is -2.37. The van der Waals surface area contributed by atoms with E-state index in [0.717, 1.165) is 0 Å². The zero-order chi connectivity index (χ0) is 26.6. The fraction of sp³-hybridized carbons (Fsp3) is 0.273. The number of nitrogens with one attached hydrogen (secondary N) is 1. The molecule has 1 atom stereocenters. The molecule has 0 bridgehead atoms. The summed E-state index contributed by atoms with van der Waals surface area (Å²) in [4.78, 5) is 38.3. The molecule has 2 aromatic carbocycles. The monoisotopic (exact) mass is 514 g/mol. The number of piperazine rings is 1. The maximum absolute atomic E-state index is 13.7. The second-order valence-corrected chi connectivity index (χ2v) is 7.65. The van der Waals surface area contributed by atoms with Gasteiger partial charge in [-0.05, 0) is 18.2 Å². The van der Waals surface area contributed by atoms with E-state index < -0.39 is 64.0 Å². The predicted molar refractivity (Wildman–Crippen MR) is 116 cm³/mol. The van der Waals surface area contributed by atoms with Crippen LogP contribution in [0.2, 0.25) is 0 Å². The highest BCUT2D eigenvalue weighted by Gasteiger charge is 2.29. The Hall–Kier alpha value is -4.07. The second-order valence-electron chi connectivity index (χ2n) is 7.65. The molecule has 0 unspecified atom stereocenters. The van der Waals surface area contributed by atoms with E-state index in [2.05, 4.69) is 5.32 Å². The Bertz CT molecular complexity index is 1170. The maximum atomic E-state index is 13.7. The van der Waals surface area contributed by atoms with Crippen LogP contribution in [-0.2, 0) is 9.59 Å². The molecule has 1 fully saturated rings. The number of benzene rings is 2. The standard InChI is InChI=1S/C22H19F5N4O5/c23-17-14(18(24)20(26)21(27)19(17)25)5-6-16(33)28-15(11-32)22(34)30-9-7-29(8-10-30)12-1-3-13(4-2-12)31(35)36/h1-6,15,32H,7-11H2,(H,28,33)/t15-/m0/s1. The number of carbonyl (C=O) groups is 2. The molecular formula is C22H19F5N4O5. The zero-order valence-electron chi connectivity index (χ0n) is 18.4. The lowest BCUT2D eigenvalue weighted by molar-refractivity contribution is -0.384. The van der Waals surface area contributed by atoms with E-state index in [1.165, 1.54) is 17.0 Å². The summed E-state index contributed by atoms with van der Waals surface area (Å²) in [5.41, 5.74) is -0.697. The van der Waals surface area contributed by atoms with Gasteiger partial charge in [0, 0.05) is 50.1 Å². The Labute approximate surface area is 200 Å². The molecule has 1 heterocycles. The summed E-state index contributed by atoms with van der Waals surface area (Å²) in [6.07, 6.45) is 0.841. The lowest BCUT2D eigenvalue weighted by atomic mass is 10.1. The van der Waals surface area contributed by atoms with Gasteiger partial charge < -0.3 is 20.2 Å². The summed E-state index contributed by atoms with van der Waals surface area (Å²) in [5.74, 6) is -12.7. The molecular weight excluding hydrogens is 495 g/mol. The van der Waals surface area contributed by atoms with Gasteiger partial charge in [-0.3, -0.25) is 19.7 Å². The van der Waals surface area contributed by atoms with Crippen molar-refractivity contribution in [1.29, 1.82) is 0 Å². The molecule has 1 aliphatic heterocycles. The van der Waals surface area contributed by atoms with Crippen molar-refractivity contribution in [3.8, 4) is 0 Å². The lowest BCUT2D eigenvalue weighted by Crippen LogP contribution is -2.56. The number of rotatable bonds is 7. The number of non-ortho nitro benzene ring substituents is 1. The van der Waals surface area contributed by atoms with Gasteiger partial charge in [-0.2, -0.15) is 0 Å². The van der Waals surface area contributed by atoms with Gasteiger partial charge in [-0.1, -0.05) is 0 Å². The Morgan fingerprint density at radius 3 is 2.00 bits per heavy atom. The predicted octanol–water partition coefficient (Wildman–Crippen LogP) is 2.13. The van der Waals surface area contributed by atoms with Gasteiger partial charge in [0.25, 0.3) is 5.69 Å². The summed E-state index contributed by atoms with van der Waals surface area (Å²) < 4.78 is 67.1. The molecule has 1 saturated heterocycles. The molecule has 192 valence electrons. The summed E-state index contributed by atoms with van der Waals surface area (Å²) in [7, 11) is 0. The first-order chi connectivity index (χ1) is 17.0. The number of amides is 2. The summed E-state index contributed by atoms with van der Waals surface area (Å²) in [5, 5.41) is 22.4. The molecule has 2 amide bonds. The molecule has 0 aliphatic carbocycles. The van der Waals surface area contributed by atoms with E-state index in [9.17, 15) is 46.8 Å². The first kappa shape index (κ1) is 26.5. The van der Waals surface area contributed by atoms with Crippen LogP contribution in [0.5, 0.6) is 0 Å². The van der Waals surface area contributed by atoms with Gasteiger partial charge in [0.1, 0.15) is 6.04 Å². The second kappa shape index (κ2) is 11.1. The van der Waals surface area contributed by atoms with E-state index in [-0.39, 0.29) is 18.8 Å². The van der Waals surface area contributed by atoms with Crippen molar-refractivity contribution >= 4 is 29.3 Å². The van der Waals surface area contributed by atoms with Gasteiger partial charge in [-0.15, -0.1) is 0 Å². The molecule has 0 radical (unpaired) electrons. The van der Waals surface area contributed by atoms with Crippen LogP contribution in [0.15, 0.2) is 30.3 Å². The molecule has 2 aromatic rings. The Kier molecular flexibility index (Phi) is 8.19. The van der Waals surface area contributed by atoms with Gasteiger partial charge in [0.2, 0.25) is 17.6 Å². The van der Waals surface area contributed by atoms with Crippen LogP contribution in [0, 0.1) is 39.2 Å². The molecule has 9 nitrogen and oxygen atoms in total. The van der Waals surface area contributed by atoms with E-state index in [0.29, 0.717) is 30.9 Å². The number of nitro benzene ring substituents is 1. The molecule has 0 spiro atoms. The molecule has 3 rings (SSSR count). The van der Waals surface area contributed by atoms with Gasteiger partial charge >= 0.3 is 0 Å². The number of aliphatic hydroxyl groups excluding tert-OH is 1. The molecule has 0 aromatic heterocycles. The van der Waals surface area contributed by atoms with Crippen molar-refractivity contribution in [2.75, 3.05) is 37.7 Å². The van der Waals surface area contributed by atoms with E-state index in [1.54, 1.807) is 12.1 Å². The number of aliphatic hydroxyl groups is 1. The zero-order valence-corrected chi connectivity index (χ0v) is 18.4. The number of halogens is 5. The van der Waals surface area contributed by atoms with Crippen LogP contribution < -0.4 is 10.2 Å². The minimum atomic E-state index is -2.34. The van der Waals surface area contributed by atoms with Crippen molar-refractivity contribution in [1.82, 2.24) is 10.2 Å². The number of hydrogen-bond acceptors (Lipinski definition) is 6. The van der Waals surface area contributed by atoms with Crippen LogP contribution in [0.1, 0.15) is 5.56 Å². The highest BCUT2D eigenvalue weighted by Crippen LogP contribution is 2.24. The van der Waals surface area contributed by atoms with Crippen LogP contribution in [0.4, 0.5) is 33.3 Å². The van der Waals surface area contributed by atoms with Crippen LogP contribution >= 0.6 is 0 Å². The molecule has 14 heteroatoms. The third-order valence-corrected chi connectivity index (χ3v) is 5.46. The van der Waals surface area contributed by atoms with Crippen LogP contribution in [-0.4, -0.2) is 65.6 Å². The number of carbonyl (C=O) groups excluding carboxylic acids is 2. The van der Waals surface area contributed by atoms with Crippen molar-refractivity contribution in [2.24, 2.45) is 0 Å². The van der Waals surface area contributed by atoms with E-state index >= 15 is 0 Å². The van der Waals surface area contributed by atoms with Gasteiger partial charge in [0.15, 0.2) is 23.3 Å². The van der Waals surface area contributed by atoms with E-state index in [4.69, 9.17) is 0 Å². The molecule has 0 saturated carbocycles. The summed E-state index contributed by atoms with van der Waals surface area (Å²) in [6, 6.07) is 4.42. The average Bonchev–Trinajstić information content (AvgIpc) is 2.89. The first-order valence-corrected chi connectivity index (χ1v) is 10.4. The number of hydrogen-bond donors (Lipinski definition) is 2. The van der Waals surface area contributed by atoms with E-state index in [1.807, 2.05) is 4.90 Å². The van der Waals surface area contributed by atoms with Gasteiger partial charge in [-0.25, -0.2) is 22.0 Å². The minimum absolute atomic E-state index is 0.0664. The molecule has 36 heavy (non-hydrogen) atoms. The molecule has 2 N–H and O–H groups in total. The van der Waals surface area contributed by atoms with Crippen LogP contribution in [0.25, 0.3) is 6.08 Å². The SMILES string of the molecule is O=C(C=Cc1c(F)c(F)c(F)c(F)c1F)N[C@@H](CO)C(=O)N1CCN(c2ccc([N+](=O)[O-])cc2)CC1. The number of nitrogens with zero attached hydrogens (tertiary/aromatic N) is 3. The smallest absolute Gasteiger partial charge is 0.269 e. The summed E-state index contributed by atoms with van der Waals surface area (Å²) in [6.45, 7) is 0.292. The number of anilines is 1. The fourth-order valence-corrected chi connectivity index (χ4v) is 3.52. The third-order valence-electron chi connectivity index (χ3n) is 5.46. The normalized spacial score (nSPS) is 14.7. The average molecular weight is 514 g/mol. The quantitative estimate of drug-likeness (QED) is 0.146. The fourth-order valence-electron chi connectivity index (χ4n) is 3.52. The van der Waals surface area contributed by atoms with Gasteiger partial charge in [0.05, 0.1) is 17.1 Å². The first-order valence-electron chi connectivity index (χ1n) is 10.4.